The Morgan fingerprint density at radius 3 is 3.00 bits per heavy atom. The van der Waals surface area contributed by atoms with E-state index in [1.165, 1.54) is 11.3 Å². The molecule has 1 aromatic heterocycles. The second kappa shape index (κ2) is 4.56. The van der Waals surface area contributed by atoms with Gasteiger partial charge in [-0.15, -0.1) is 11.3 Å². The van der Waals surface area contributed by atoms with Crippen molar-refractivity contribution in [3.8, 4) is 17.9 Å². The molecule has 0 spiro atoms. The molecule has 1 rings (SSSR count). The van der Waals surface area contributed by atoms with Crippen LogP contribution in [0, 0.1) is 23.2 Å². The van der Waals surface area contributed by atoms with Gasteiger partial charge in [-0.25, -0.2) is 0 Å². The first-order valence-electron chi connectivity index (χ1n) is 3.45. The molecular weight excluding hydrogens is 170 g/mol. The number of hydrogen-bond acceptors (Lipinski definition) is 3. The molecule has 0 bridgehead atoms. The summed E-state index contributed by atoms with van der Waals surface area (Å²) in [6.45, 7) is 0.0856. The second-order valence-electron chi connectivity index (χ2n) is 2.09. The van der Waals surface area contributed by atoms with Crippen LogP contribution in [0.2, 0.25) is 0 Å². The van der Waals surface area contributed by atoms with Crippen molar-refractivity contribution in [1.82, 2.24) is 0 Å². The molecule has 0 saturated carbocycles. The molecule has 1 N–H and O–H groups in total. The van der Waals surface area contributed by atoms with E-state index >= 15 is 0 Å². The summed E-state index contributed by atoms with van der Waals surface area (Å²) in [6, 6.07) is 3.78. The fourth-order valence-corrected chi connectivity index (χ4v) is 1.31. The largest absolute Gasteiger partial charge is 0.395 e. The highest BCUT2D eigenvalue weighted by atomic mass is 32.1. The topological polar surface area (TPSA) is 44.0 Å². The van der Waals surface area contributed by atoms with Gasteiger partial charge in [-0.1, -0.05) is 11.8 Å². The molecule has 0 unspecified atom stereocenters. The van der Waals surface area contributed by atoms with Crippen molar-refractivity contribution in [3.63, 3.8) is 0 Å². The second-order valence-corrected chi connectivity index (χ2v) is 3.00. The van der Waals surface area contributed by atoms with Crippen LogP contribution in [0.25, 0.3) is 0 Å². The van der Waals surface area contributed by atoms with E-state index < -0.39 is 0 Å². The molecule has 1 heterocycles. The Kier molecular flexibility index (Phi) is 3.35. The van der Waals surface area contributed by atoms with Crippen LogP contribution in [-0.4, -0.2) is 11.7 Å². The standard InChI is InChI=1S/C9H7NOS/c10-6-9-5-8(7-12-9)3-1-2-4-11/h5,7,11H,2,4H2. The van der Waals surface area contributed by atoms with Crippen molar-refractivity contribution in [2.24, 2.45) is 0 Å². The van der Waals surface area contributed by atoms with Gasteiger partial charge in [-0.3, -0.25) is 0 Å². The molecule has 1 aromatic rings. The third kappa shape index (κ3) is 2.39. The minimum Gasteiger partial charge on any atom is -0.395 e. The minimum absolute atomic E-state index is 0.0856. The zero-order chi connectivity index (χ0) is 8.81. The van der Waals surface area contributed by atoms with Gasteiger partial charge in [0.25, 0.3) is 0 Å². The third-order valence-electron chi connectivity index (χ3n) is 1.18. The molecule has 0 aliphatic carbocycles. The van der Waals surface area contributed by atoms with Crippen molar-refractivity contribution < 1.29 is 5.11 Å². The zero-order valence-electron chi connectivity index (χ0n) is 6.37. The van der Waals surface area contributed by atoms with Crippen LogP contribution in [-0.2, 0) is 0 Å². The Labute approximate surface area is 75.1 Å². The number of nitrogens with zero attached hydrogens (tertiary/aromatic N) is 1. The number of hydrogen-bond donors (Lipinski definition) is 1. The Morgan fingerprint density at radius 2 is 2.42 bits per heavy atom. The van der Waals surface area contributed by atoms with Crippen molar-refractivity contribution in [2.75, 3.05) is 6.61 Å². The van der Waals surface area contributed by atoms with Gasteiger partial charge in [-0.2, -0.15) is 5.26 Å². The van der Waals surface area contributed by atoms with Crippen molar-refractivity contribution in [2.45, 2.75) is 6.42 Å². The van der Waals surface area contributed by atoms with E-state index in [2.05, 4.69) is 11.8 Å². The lowest BCUT2D eigenvalue weighted by atomic mass is 10.3. The molecule has 12 heavy (non-hydrogen) atoms. The third-order valence-corrected chi connectivity index (χ3v) is 2.01. The smallest absolute Gasteiger partial charge is 0.110 e. The predicted molar refractivity (Wildman–Crippen MR) is 47.6 cm³/mol. The molecule has 0 saturated heterocycles. The van der Waals surface area contributed by atoms with Gasteiger partial charge in [0.2, 0.25) is 0 Å². The fraction of sp³-hybridized carbons (Fsp3) is 0.222. The van der Waals surface area contributed by atoms with Crippen molar-refractivity contribution >= 4 is 11.3 Å². The van der Waals surface area contributed by atoms with Crippen molar-refractivity contribution in [3.05, 3.63) is 21.9 Å². The molecule has 0 amide bonds. The van der Waals surface area contributed by atoms with Crippen LogP contribution in [0.1, 0.15) is 16.9 Å². The van der Waals surface area contributed by atoms with E-state index in [-0.39, 0.29) is 6.61 Å². The Hall–Kier alpha value is -1.29. The average molecular weight is 177 g/mol. The van der Waals surface area contributed by atoms with E-state index in [1.54, 1.807) is 6.07 Å². The summed E-state index contributed by atoms with van der Waals surface area (Å²) in [5, 5.41) is 18.8. The van der Waals surface area contributed by atoms with Crippen LogP contribution in [0.4, 0.5) is 0 Å². The molecule has 0 atom stereocenters. The SMILES string of the molecule is N#Cc1cc(C#CCCO)cs1. The van der Waals surface area contributed by atoms with Gasteiger partial charge in [0.15, 0.2) is 0 Å². The highest BCUT2D eigenvalue weighted by molar-refractivity contribution is 7.10. The predicted octanol–water partition coefficient (Wildman–Crippen LogP) is 1.35. The van der Waals surface area contributed by atoms with E-state index in [4.69, 9.17) is 10.4 Å². The van der Waals surface area contributed by atoms with Crippen molar-refractivity contribution in [1.29, 1.82) is 5.26 Å². The van der Waals surface area contributed by atoms with E-state index in [9.17, 15) is 0 Å². The molecule has 2 nitrogen and oxygen atoms in total. The summed E-state index contributed by atoms with van der Waals surface area (Å²) in [4.78, 5) is 0.670. The first-order valence-corrected chi connectivity index (χ1v) is 4.33. The lowest BCUT2D eigenvalue weighted by Gasteiger charge is -1.77. The van der Waals surface area contributed by atoms with Crippen LogP contribution in [0.5, 0.6) is 0 Å². The van der Waals surface area contributed by atoms with Crippen LogP contribution >= 0.6 is 11.3 Å². The highest BCUT2D eigenvalue weighted by Gasteiger charge is 1.93. The number of thiophene rings is 1. The first-order chi connectivity index (χ1) is 5.86. The Bertz CT molecular complexity index is 351. The van der Waals surface area contributed by atoms with Gasteiger partial charge in [0.05, 0.1) is 6.61 Å². The van der Waals surface area contributed by atoms with Gasteiger partial charge >= 0.3 is 0 Å². The molecular formula is C9H7NOS. The number of aliphatic hydroxyl groups excluding tert-OH is 1. The van der Waals surface area contributed by atoms with Crippen LogP contribution < -0.4 is 0 Å². The zero-order valence-corrected chi connectivity index (χ0v) is 7.19. The maximum Gasteiger partial charge on any atom is 0.110 e. The minimum atomic E-state index is 0.0856. The van der Waals surface area contributed by atoms with Gasteiger partial charge in [0, 0.05) is 17.4 Å². The molecule has 0 aromatic carbocycles. The summed E-state index contributed by atoms with van der Waals surface area (Å²) in [7, 11) is 0. The Morgan fingerprint density at radius 1 is 1.58 bits per heavy atom. The Balaban J connectivity index is 2.67. The molecule has 0 radical (unpaired) electrons. The van der Waals surface area contributed by atoms with E-state index in [1.807, 2.05) is 11.4 Å². The van der Waals surface area contributed by atoms with Gasteiger partial charge in [-0.05, 0) is 6.07 Å². The summed E-state index contributed by atoms with van der Waals surface area (Å²) in [6.07, 6.45) is 0.484. The average Bonchev–Trinajstić information content (AvgIpc) is 2.53. The molecule has 0 aliphatic heterocycles. The highest BCUT2D eigenvalue weighted by Crippen LogP contribution is 2.11. The van der Waals surface area contributed by atoms with Crippen LogP contribution in [0.15, 0.2) is 11.4 Å². The fourth-order valence-electron chi connectivity index (χ4n) is 0.681. The maximum atomic E-state index is 8.49. The lowest BCUT2D eigenvalue weighted by Crippen LogP contribution is -1.75. The normalized spacial score (nSPS) is 8.33. The van der Waals surface area contributed by atoms with Crippen LogP contribution in [0.3, 0.4) is 0 Å². The monoisotopic (exact) mass is 177 g/mol. The molecule has 3 heteroatoms. The van der Waals surface area contributed by atoms with E-state index in [0.717, 1.165) is 5.56 Å². The summed E-state index contributed by atoms with van der Waals surface area (Å²) >= 11 is 1.38. The number of rotatable bonds is 1. The van der Waals surface area contributed by atoms with E-state index in [0.29, 0.717) is 11.3 Å². The van der Waals surface area contributed by atoms with Gasteiger partial charge < -0.3 is 5.11 Å². The summed E-state index contributed by atoms with van der Waals surface area (Å²) < 4.78 is 0. The van der Waals surface area contributed by atoms with Gasteiger partial charge in [0.1, 0.15) is 10.9 Å². The maximum absolute atomic E-state index is 8.49. The molecule has 60 valence electrons. The summed E-state index contributed by atoms with van der Waals surface area (Å²) in [5.41, 5.74) is 0.852. The first kappa shape index (κ1) is 8.80. The number of aliphatic hydroxyl groups is 1. The quantitative estimate of drug-likeness (QED) is 0.658. The molecule has 0 aliphatic rings. The summed E-state index contributed by atoms with van der Waals surface area (Å²) in [5.74, 6) is 5.64. The molecule has 0 fully saturated rings. The number of nitriles is 1. The lowest BCUT2D eigenvalue weighted by molar-refractivity contribution is 0.305.